The van der Waals surface area contributed by atoms with Gasteiger partial charge in [0.25, 0.3) is 0 Å². The van der Waals surface area contributed by atoms with Gasteiger partial charge in [-0.3, -0.25) is 9.10 Å². The van der Waals surface area contributed by atoms with E-state index in [0.29, 0.717) is 12.1 Å². The van der Waals surface area contributed by atoms with Gasteiger partial charge in [-0.15, -0.1) is 0 Å². The summed E-state index contributed by atoms with van der Waals surface area (Å²) in [6, 6.07) is 11.5. The summed E-state index contributed by atoms with van der Waals surface area (Å²) in [7, 11) is -1.81. The summed E-state index contributed by atoms with van der Waals surface area (Å²) in [4.78, 5) is 12.6. The number of carbonyl (C=O) groups is 1. The third-order valence-electron chi connectivity index (χ3n) is 5.36. The third-order valence-corrected chi connectivity index (χ3v) is 6.54. The van der Waals surface area contributed by atoms with Gasteiger partial charge in [0, 0.05) is 13.0 Å². The number of aryl methyl sites for hydroxylation is 3. The van der Waals surface area contributed by atoms with Gasteiger partial charge in [-0.2, -0.15) is 0 Å². The standard InChI is InChI=1S/C24H34N2O4S/c1-7-21(20-12-13-23(30-5)19(4)16-20)25-24(27)9-8-14-26(31(6,28)29)22-15-17(2)10-11-18(22)3/h10-13,15-16,21H,7-9,14H2,1-6H3,(H,25,27)/t21-/m1/s1. The van der Waals surface area contributed by atoms with Crippen molar-refractivity contribution < 1.29 is 17.9 Å². The number of benzene rings is 2. The molecule has 1 N–H and O–H groups in total. The Morgan fingerprint density at radius 3 is 2.39 bits per heavy atom. The van der Waals surface area contributed by atoms with Crippen LogP contribution in [0.15, 0.2) is 36.4 Å². The first-order valence-corrected chi connectivity index (χ1v) is 12.4. The number of sulfonamides is 1. The second-order valence-corrected chi connectivity index (χ2v) is 9.89. The number of nitrogens with one attached hydrogen (secondary N) is 1. The zero-order valence-corrected chi connectivity index (χ0v) is 20.2. The normalized spacial score (nSPS) is 12.3. The smallest absolute Gasteiger partial charge is 0.232 e. The van der Waals surface area contributed by atoms with Crippen LogP contribution in [0.5, 0.6) is 5.75 Å². The minimum absolute atomic E-state index is 0.0882. The summed E-state index contributed by atoms with van der Waals surface area (Å²) in [5.41, 5.74) is 4.60. The number of anilines is 1. The molecule has 6 nitrogen and oxygen atoms in total. The van der Waals surface area contributed by atoms with Crippen molar-refractivity contribution in [2.24, 2.45) is 0 Å². The molecule has 7 heteroatoms. The number of methoxy groups -OCH3 is 1. The Morgan fingerprint density at radius 1 is 1.10 bits per heavy atom. The van der Waals surface area contributed by atoms with Crippen LogP contribution in [0.25, 0.3) is 0 Å². The zero-order chi connectivity index (χ0) is 23.2. The Morgan fingerprint density at radius 2 is 1.81 bits per heavy atom. The molecule has 0 heterocycles. The number of nitrogens with zero attached hydrogens (tertiary/aromatic N) is 1. The van der Waals surface area contributed by atoms with Crippen LogP contribution in [-0.2, 0) is 14.8 Å². The van der Waals surface area contributed by atoms with E-state index in [-0.39, 0.29) is 24.9 Å². The van der Waals surface area contributed by atoms with Gasteiger partial charge in [-0.1, -0.05) is 31.2 Å². The summed E-state index contributed by atoms with van der Waals surface area (Å²) in [5.74, 6) is 0.729. The lowest BCUT2D eigenvalue weighted by Gasteiger charge is -2.25. The maximum Gasteiger partial charge on any atom is 0.232 e. The molecule has 2 rings (SSSR count). The van der Waals surface area contributed by atoms with Crippen LogP contribution >= 0.6 is 0 Å². The molecule has 31 heavy (non-hydrogen) atoms. The predicted molar refractivity (Wildman–Crippen MR) is 126 cm³/mol. The number of amides is 1. The number of hydrogen-bond donors (Lipinski definition) is 1. The number of carbonyl (C=O) groups excluding carboxylic acids is 1. The fraction of sp³-hybridized carbons (Fsp3) is 0.458. The Hall–Kier alpha value is -2.54. The summed E-state index contributed by atoms with van der Waals surface area (Å²) in [5, 5.41) is 3.07. The SMILES string of the molecule is CC[C@@H](NC(=O)CCCN(c1cc(C)ccc1C)S(C)(=O)=O)c1ccc(OC)c(C)c1. The van der Waals surface area contributed by atoms with Crippen molar-refractivity contribution >= 4 is 21.6 Å². The van der Waals surface area contributed by atoms with Crippen molar-refractivity contribution in [1.29, 1.82) is 0 Å². The summed E-state index contributed by atoms with van der Waals surface area (Å²) < 4.78 is 31.5. The van der Waals surface area contributed by atoms with Crippen molar-refractivity contribution in [3.05, 3.63) is 58.7 Å². The van der Waals surface area contributed by atoms with Gasteiger partial charge in [-0.05, 0) is 68.0 Å². The largest absolute Gasteiger partial charge is 0.496 e. The fourth-order valence-corrected chi connectivity index (χ4v) is 4.66. The van der Waals surface area contributed by atoms with E-state index in [4.69, 9.17) is 4.74 Å². The maximum absolute atomic E-state index is 12.6. The van der Waals surface area contributed by atoms with E-state index in [2.05, 4.69) is 5.32 Å². The molecule has 170 valence electrons. The second kappa shape index (κ2) is 10.7. The lowest BCUT2D eigenvalue weighted by molar-refractivity contribution is -0.121. The minimum Gasteiger partial charge on any atom is -0.496 e. The quantitative estimate of drug-likeness (QED) is 0.586. The highest BCUT2D eigenvalue weighted by atomic mass is 32.2. The number of hydrogen-bond acceptors (Lipinski definition) is 4. The number of ether oxygens (including phenoxy) is 1. The van der Waals surface area contributed by atoms with Crippen molar-refractivity contribution in [2.45, 2.75) is 53.0 Å². The molecule has 0 spiro atoms. The molecule has 0 unspecified atom stereocenters. The zero-order valence-electron chi connectivity index (χ0n) is 19.4. The summed E-state index contributed by atoms with van der Waals surface area (Å²) in [6.07, 6.45) is 2.65. The molecule has 0 fully saturated rings. The minimum atomic E-state index is -3.45. The first kappa shape index (κ1) is 24.7. The predicted octanol–water partition coefficient (Wildman–Crippen LogP) is 4.43. The highest BCUT2D eigenvalue weighted by Gasteiger charge is 2.20. The molecule has 0 aliphatic carbocycles. The Labute approximate surface area is 186 Å². The summed E-state index contributed by atoms with van der Waals surface area (Å²) in [6.45, 7) is 8.08. The average Bonchev–Trinajstić information content (AvgIpc) is 2.70. The van der Waals surface area contributed by atoms with Crippen molar-refractivity contribution in [2.75, 3.05) is 24.2 Å². The molecule has 1 atom stereocenters. The molecule has 0 saturated carbocycles. The van der Waals surface area contributed by atoms with Gasteiger partial charge >= 0.3 is 0 Å². The maximum atomic E-state index is 12.6. The molecule has 2 aromatic carbocycles. The van der Waals surface area contributed by atoms with Crippen LogP contribution in [-0.4, -0.2) is 34.2 Å². The molecular formula is C24H34N2O4S. The Bertz CT molecular complexity index is 1020. The van der Waals surface area contributed by atoms with E-state index in [9.17, 15) is 13.2 Å². The van der Waals surface area contributed by atoms with E-state index in [0.717, 1.165) is 34.4 Å². The van der Waals surface area contributed by atoms with Crippen LogP contribution in [0.3, 0.4) is 0 Å². The van der Waals surface area contributed by atoms with E-state index >= 15 is 0 Å². The monoisotopic (exact) mass is 446 g/mol. The molecule has 2 aromatic rings. The highest BCUT2D eigenvalue weighted by molar-refractivity contribution is 7.92. The van der Waals surface area contributed by atoms with Crippen molar-refractivity contribution in [3.8, 4) is 5.75 Å². The van der Waals surface area contributed by atoms with Gasteiger partial charge in [0.2, 0.25) is 15.9 Å². The molecule has 0 bridgehead atoms. The van der Waals surface area contributed by atoms with Crippen LogP contribution in [0, 0.1) is 20.8 Å². The van der Waals surface area contributed by atoms with Crippen molar-refractivity contribution in [1.82, 2.24) is 5.32 Å². The first-order chi connectivity index (χ1) is 14.6. The first-order valence-electron chi connectivity index (χ1n) is 10.6. The Kier molecular flexibility index (Phi) is 8.51. The third kappa shape index (κ3) is 6.72. The van der Waals surface area contributed by atoms with Gasteiger partial charge < -0.3 is 10.1 Å². The van der Waals surface area contributed by atoms with Gasteiger partial charge in [0.05, 0.1) is 25.1 Å². The Balaban J connectivity index is 2.03. The average molecular weight is 447 g/mol. The highest BCUT2D eigenvalue weighted by Crippen LogP contribution is 2.26. The van der Waals surface area contributed by atoms with Gasteiger partial charge in [-0.25, -0.2) is 8.42 Å². The van der Waals surface area contributed by atoms with Crippen molar-refractivity contribution in [3.63, 3.8) is 0 Å². The second-order valence-electron chi connectivity index (χ2n) is 7.99. The van der Waals surface area contributed by atoms with Crippen LogP contribution in [0.1, 0.15) is 54.5 Å². The molecular weight excluding hydrogens is 412 g/mol. The molecule has 0 aliphatic heterocycles. The molecule has 0 aliphatic rings. The molecule has 0 radical (unpaired) electrons. The van der Waals surface area contributed by atoms with Crippen LogP contribution in [0.4, 0.5) is 5.69 Å². The lowest BCUT2D eigenvalue weighted by atomic mass is 10.0. The van der Waals surface area contributed by atoms with Crippen LogP contribution < -0.4 is 14.4 Å². The lowest BCUT2D eigenvalue weighted by Crippen LogP contribution is -2.33. The summed E-state index contributed by atoms with van der Waals surface area (Å²) >= 11 is 0. The molecule has 1 amide bonds. The van der Waals surface area contributed by atoms with E-state index < -0.39 is 10.0 Å². The molecule has 0 saturated heterocycles. The fourth-order valence-electron chi connectivity index (χ4n) is 3.64. The topological polar surface area (TPSA) is 75.7 Å². The van der Waals surface area contributed by atoms with Gasteiger partial charge in [0.15, 0.2) is 0 Å². The van der Waals surface area contributed by atoms with E-state index in [1.165, 1.54) is 10.6 Å². The van der Waals surface area contributed by atoms with E-state index in [1.807, 2.05) is 64.1 Å². The van der Waals surface area contributed by atoms with Crippen LogP contribution in [0.2, 0.25) is 0 Å². The molecule has 0 aromatic heterocycles. The van der Waals surface area contributed by atoms with Gasteiger partial charge in [0.1, 0.15) is 5.75 Å². The number of rotatable bonds is 10. The van der Waals surface area contributed by atoms with E-state index in [1.54, 1.807) is 7.11 Å².